The fraction of sp³-hybridized carbons (Fsp3) is 0.727. The topological polar surface area (TPSA) is 106 Å². The maximum atomic E-state index is 11.8. The number of aromatic nitrogens is 3. The minimum Gasteiger partial charge on any atom is -0.393 e. The molecule has 1 aromatic heterocycles. The van der Waals surface area contributed by atoms with Crippen LogP contribution in [-0.2, 0) is 6.54 Å². The van der Waals surface area contributed by atoms with Crippen molar-refractivity contribution in [1.29, 1.82) is 0 Å². The third-order valence-corrected chi connectivity index (χ3v) is 3.27. The van der Waals surface area contributed by atoms with Gasteiger partial charge >= 0.3 is 0 Å². The predicted molar refractivity (Wildman–Crippen MR) is 64.8 cm³/mol. The molecule has 0 aromatic carbocycles. The Balaban J connectivity index is 1.83. The molecule has 2 rings (SSSR count). The molecule has 7 heteroatoms. The lowest BCUT2D eigenvalue weighted by Crippen LogP contribution is -2.32. The number of nitrogens with zero attached hydrogens (tertiary/aromatic N) is 3. The van der Waals surface area contributed by atoms with Crippen LogP contribution in [0, 0.1) is 5.92 Å². The molecule has 7 nitrogen and oxygen atoms in total. The minimum atomic E-state index is -0.293. The van der Waals surface area contributed by atoms with E-state index in [2.05, 4.69) is 15.6 Å². The molecule has 0 radical (unpaired) electrons. The Morgan fingerprint density at radius 1 is 1.61 bits per heavy atom. The van der Waals surface area contributed by atoms with Crippen LogP contribution < -0.4 is 11.1 Å². The van der Waals surface area contributed by atoms with E-state index in [9.17, 15) is 9.90 Å². The second kappa shape index (κ2) is 5.92. The van der Waals surface area contributed by atoms with Gasteiger partial charge in [-0.3, -0.25) is 9.48 Å². The lowest BCUT2D eigenvalue weighted by molar-refractivity contribution is 0.0912. The molecule has 0 aliphatic heterocycles. The normalized spacial score (nSPS) is 23.2. The summed E-state index contributed by atoms with van der Waals surface area (Å²) < 4.78 is 1.54. The molecule has 0 saturated heterocycles. The van der Waals surface area contributed by atoms with Crippen LogP contribution in [0.25, 0.3) is 0 Å². The van der Waals surface area contributed by atoms with Gasteiger partial charge in [0.05, 0.1) is 18.8 Å². The van der Waals surface area contributed by atoms with Gasteiger partial charge in [0.1, 0.15) is 0 Å². The standard InChI is InChI=1S/C11H19N5O2/c12-4-5-16-7-9(14-15-16)11(18)13-6-8-2-1-3-10(8)17/h7-8,10,17H,1-6,12H2,(H,13,18). The van der Waals surface area contributed by atoms with Crippen LogP contribution in [0.3, 0.4) is 0 Å². The highest BCUT2D eigenvalue weighted by molar-refractivity contribution is 5.91. The number of aliphatic hydroxyl groups excluding tert-OH is 1. The number of amides is 1. The monoisotopic (exact) mass is 253 g/mol. The zero-order chi connectivity index (χ0) is 13.0. The molecule has 0 bridgehead atoms. The summed E-state index contributed by atoms with van der Waals surface area (Å²) in [5.41, 5.74) is 5.67. The lowest BCUT2D eigenvalue weighted by Gasteiger charge is -2.14. The average Bonchev–Trinajstić information content (AvgIpc) is 2.96. The molecule has 2 atom stereocenters. The number of nitrogens with two attached hydrogens (primary N) is 1. The first kappa shape index (κ1) is 13.0. The Morgan fingerprint density at radius 2 is 2.44 bits per heavy atom. The Kier molecular flexibility index (Phi) is 4.27. The quantitative estimate of drug-likeness (QED) is 0.632. The van der Waals surface area contributed by atoms with Gasteiger partial charge in [-0.25, -0.2) is 0 Å². The van der Waals surface area contributed by atoms with Crippen LogP contribution in [0.2, 0.25) is 0 Å². The van der Waals surface area contributed by atoms with Crippen molar-refractivity contribution in [3.8, 4) is 0 Å². The number of rotatable bonds is 5. The lowest BCUT2D eigenvalue weighted by atomic mass is 10.1. The van der Waals surface area contributed by atoms with Crippen molar-refractivity contribution in [1.82, 2.24) is 20.3 Å². The summed E-state index contributed by atoms with van der Waals surface area (Å²) in [6.07, 6.45) is 4.09. The summed E-state index contributed by atoms with van der Waals surface area (Å²) in [5, 5.41) is 20.0. The Labute approximate surface area is 105 Å². The van der Waals surface area contributed by atoms with Gasteiger partial charge in [0.25, 0.3) is 5.91 Å². The molecule has 1 amide bonds. The summed E-state index contributed by atoms with van der Waals surface area (Å²) in [7, 11) is 0. The first-order chi connectivity index (χ1) is 8.70. The van der Waals surface area contributed by atoms with Crippen molar-refractivity contribution in [3.63, 3.8) is 0 Å². The highest BCUT2D eigenvalue weighted by Gasteiger charge is 2.25. The fourth-order valence-corrected chi connectivity index (χ4v) is 2.21. The molecule has 1 aromatic rings. The first-order valence-electron chi connectivity index (χ1n) is 6.27. The summed E-state index contributed by atoms with van der Waals surface area (Å²) in [6.45, 7) is 1.49. The van der Waals surface area contributed by atoms with Crippen molar-refractivity contribution in [2.24, 2.45) is 11.7 Å². The zero-order valence-electron chi connectivity index (χ0n) is 10.2. The van der Waals surface area contributed by atoms with Crippen LogP contribution >= 0.6 is 0 Å². The molecular weight excluding hydrogens is 234 g/mol. The molecule has 18 heavy (non-hydrogen) atoms. The highest BCUT2D eigenvalue weighted by atomic mass is 16.3. The van der Waals surface area contributed by atoms with E-state index in [1.54, 1.807) is 10.9 Å². The molecule has 1 aliphatic rings. The van der Waals surface area contributed by atoms with Crippen LogP contribution in [0.4, 0.5) is 0 Å². The van der Waals surface area contributed by atoms with Gasteiger partial charge < -0.3 is 16.2 Å². The molecule has 100 valence electrons. The molecule has 2 unspecified atom stereocenters. The van der Waals surface area contributed by atoms with Gasteiger partial charge in [-0.2, -0.15) is 0 Å². The predicted octanol–water partition coefficient (Wildman–Crippen LogP) is -0.872. The molecule has 1 fully saturated rings. The van der Waals surface area contributed by atoms with Crippen LogP contribution in [-0.4, -0.2) is 45.2 Å². The van der Waals surface area contributed by atoms with Gasteiger partial charge in [0.2, 0.25) is 0 Å². The first-order valence-corrected chi connectivity index (χ1v) is 6.27. The molecule has 1 heterocycles. The summed E-state index contributed by atoms with van der Waals surface area (Å²) in [6, 6.07) is 0. The van der Waals surface area contributed by atoms with E-state index in [1.165, 1.54) is 0 Å². The molecule has 1 saturated carbocycles. The fourth-order valence-electron chi connectivity index (χ4n) is 2.21. The van der Waals surface area contributed by atoms with Crippen LogP contribution in [0.5, 0.6) is 0 Å². The van der Waals surface area contributed by atoms with E-state index in [0.29, 0.717) is 19.6 Å². The maximum absolute atomic E-state index is 11.8. The van der Waals surface area contributed by atoms with Crippen molar-refractivity contribution < 1.29 is 9.90 Å². The molecular formula is C11H19N5O2. The van der Waals surface area contributed by atoms with Crippen molar-refractivity contribution in [3.05, 3.63) is 11.9 Å². The third kappa shape index (κ3) is 3.05. The number of hydrogen-bond donors (Lipinski definition) is 3. The second-order valence-corrected chi connectivity index (χ2v) is 4.62. The van der Waals surface area contributed by atoms with Gasteiger partial charge in [-0.15, -0.1) is 5.10 Å². The highest BCUT2D eigenvalue weighted by Crippen LogP contribution is 2.24. The Bertz CT molecular complexity index is 406. The molecule has 0 spiro atoms. The largest absolute Gasteiger partial charge is 0.393 e. The molecule has 1 aliphatic carbocycles. The van der Waals surface area contributed by atoms with Crippen LogP contribution in [0.1, 0.15) is 29.8 Å². The van der Waals surface area contributed by atoms with E-state index >= 15 is 0 Å². The third-order valence-electron chi connectivity index (χ3n) is 3.27. The van der Waals surface area contributed by atoms with E-state index in [1.807, 2.05) is 0 Å². The van der Waals surface area contributed by atoms with Gasteiger partial charge in [0.15, 0.2) is 5.69 Å². The summed E-state index contributed by atoms with van der Waals surface area (Å²) in [4.78, 5) is 11.8. The Hall–Kier alpha value is -1.47. The number of carbonyl (C=O) groups is 1. The van der Waals surface area contributed by atoms with E-state index in [-0.39, 0.29) is 23.6 Å². The van der Waals surface area contributed by atoms with Gasteiger partial charge in [-0.05, 0) is 12.8 Å². The number of nitrogens with one attached hydrogen (secondary N) is 1. The number of carbonyl (C=O) groups excluding carboxylic acids is 1. The zero-order valence-corrected chi connectivity index (χ0v) is 10.2. The second-order valence-electron chi connectivity index (χ2n) is 4.62. The van der Waals surface area contributed by atoms with Crippen molar-refractivity contribution in [2.75, 3.05) is 13.1 Å². The molecule has 4 N–H and O–H groups in total. The average molecular weight is 253 g/mol. The minimum absolute atomic E-state index is 0.160. The summed E-state index contributed by atoms with van der Waals surface area (Å²) in [5.74, 6) is -0.0922. The van der Waals surface area contributed by atoms with Gasteiger partial charge in [-0.1, -0.05) is 11.6 Å². The SMILES string of the molecule is NCCn1cc(C(=O)NCC2CCCC2O)nn1. The van der Waals surface area contributed by atoms with Gasteiger partial charge in [0, 0.05) is 19.0 Å². The summed E-state index contributed by atoms with van der Waals surface area (Å²) >= 11 is 0. The van der Waals surface area contributed by atoms with Crippen LogP contribution in [0.15, 0.2) is 6.20 Å². The van der Waals surface area contributed by atoms with E-state index in [0.717, 1.165) is 19.3 Å². The van der Waals surface area contributed by atoms with Crippen molar-refractivity contribution in [2.45, 2.75) is 31.9 Å². The van der Waals surface area contributed by atoms with Crippen molar-refractivity contribution >= 4 is 5.91 Å². The van der Waals surface area contributed by atoms with E-state index in [4.69, 9.17) is 5.73 Å². The Morgan fingerprint density at radius 3 is 3.11 bits per heavy atom. The number of hydrogen-bond acceptors (Lipinski definition) is 5. The maximum Gasteiger partial charge on any atom is 0.273 e. The van der Waals surface area contributed by atoms with E-state index < -0.39 is 0 Å². The number of aliphatic hydroxyl groups is 1. The smallest absolute Gasteiger partial charge is 0.273 e.